The highest BCUT2D eigenvalue weighted by atomic mass is 127. The molecule has 3 aromatic rings. The maximum Gasteiger partial charge on any atom is 0.240 e. The summed E-state index contributed by atoms with van der Waals surface area (Å²) in [5.41, 5.74) is 1.83. The molecule has 1 N–H and O–H groups in total. The number of benzene rings is 2. The van der Waals surface area contributed by atoms with E-state index in [-0.39, 0.29) is 4.90 Å². The van der Waals surface area contributed by atoms with Crippen molar-refractivity contribution < 1.29 is 17.9 Å². The van der Waals surface area contributed by atoms with E-state index in [1.165, 1.54) is 0 Å². The number of rotatable bonds is 8. The van der Waals surface area contributed by atoms with Crippen LogP contribution in [0.25, 0.3) is 10.6 Å². The summed E-state index contributed by atoms with van der Waals surface area (Å²) < 4.78 is 39.1. The van der Waals surface area contributed by atoms with Crippen molar-refractivity contribution in [1.82, 2.24) is 9.71 Å². The van der Waals surface area contributed by atoms with Crippen LogP contribution in [0.15, 0.2) is 47.4 Å². The van der Waals surface area contributed by atoms with Crippen molar-refractivity contribution in [3.63, 3.8) is 0 Å². The van der Waals surface area contributed by atoms with Crippen LogP contribution in [0.3, 0.4) is 0 Å². The minimum absolute atomic E-state index is 0.268. The first-order valence-corrected chi connectivity index (χ1v) is 12.2. The topological polar surface area (TPSA) is 77.5 Å². The van der Waals surface area contributed by atoms with Crippen molar-refractivity contribution in [3.05, 3.63) is 56.6 Å². The lowest BCUT2D eigenvalue weighted by Crippen LogP contribution is -2.25. The van der Waals surface area contributed by atoms with Gasteiger partial charge in [0, 0.05) is 20.6 Å². The molecule has 0 spiro atoms. The SMILES string of the molecule is COc1ccc(-c2nc(C)c(CCNS(=O)(=O)c3ccc(I)cc3)s2)cc1OC. The molecule has 3 rings (SSSR count). The maximum atomic E-state index is 12.4. The largest absolute Gasteiger partial charge is 0.493 e. The second-order valence-corrected chi connectivity index (χ2v) is 10.3. The van der Waals surface area contributed by atoms with E-state index in [4.69, 9.17) is 9.47 Å². The van der Waals surface area contributed by atoms with Gasteiger partial charge in [0.15, 0.2) is 11.5 Å². The van der Waals surface area contributed by atoms with E-state index >= 15 is 0 Å². The van der Waals surface area contributed by atoms with Crippen LogP contribution in [0.1, 0.15) is 10.6 Å². The van der Waals surface area contributed by atoms with Gasteiger partial charge in [0.25, 0.3) is 0 Å². The summed E-state index contributed by atoms with van der Waals surface area (Å²) in [5, 5.41) is 0.860. The standard InChI is InChI=1S/C20H21IN2O4S2/c1-13-19(10-11-22-29(24,25)16-7-5-15(21)6-8-16)28-20(23-13)14-4-9-17(26-2)18(12-14)27-3/h4-9,12,22H,10-11H2,1-3H3. The highest BCUT2D eigenvalue weighted by Crippen LogP contribution is 2.35. The molecule has 154 valence electrons. The first-order chi connectivity index (χ1) is 13.8. The predicted octanol–water partition coefficient (Wildman–Crippen LogP) is 4.26. The summed E-state index contributed by atoms with van der Waals surface area (Å²) in [5.74, 6) is 1.31. The Bertz CT molecular complexity index is 1100. The Morgan fingerprint density at radius 2 is 1.76 bits per heavy atom. The summed E-state index contributed by atoms with van der Waals surface area (Å²) >= 11 is 3.69. The van der Waals surface area contributed by atoms with Gasteiger partial charge in [0.05, 0.1) is 24.8 Å². The van der Waals surface area contributed by atoms with Crippen molar-refractivity contribution >= 4 is 44.0 Å². The van der Waals surface area contributed by atoms with Gasteiger partial charge >= 0.3 is 0 Å². The van der Waals surface area contributed by atoms with Crippen LogP contribution in [-0.2, 0) is 16.4 Å². The minimum Gasteiger partial charge on any atom is -0.493 e. The van der Waals surface area contributed by atoms with Crippen molar-refractivity contribution in [1.29, 1.82) is 0 Å². The Hall–Kier alpha value is -1.69. The molecule has 0 amide bonds. The minimum atomic E-state index is -3.52. The fourth-order valence-electron chi connectivity index (χ4n) is 2.75. The quantitative estimate of drug-likeness (QED) is 0.429. The number of ether oxygens (including phenoxy) is 2. The lowest BCUT2D eigenvalue weighted by Gasteiger charge is -2.08. The number of aryl methyl sites for hydroxylation is 1. The monoisotopic (exact) mass is 544 g/mol. The van der Waals surface area contributed by atoms with Gasteiger partial charge < -0.3 is 9.47 Å². The number of methoxy groups -OCH3 is 2. The molecule has 1 heterocycles. The summed E-state index contributed by atoms with van der Waals surface area (Å²) in [6.07, 6.45) is 0.570. The highest BCUT2D eigenvalue weighted by molar-refractivity contribution is 14.1. The molecule has 9 heteroatoms. The molecule has 6 nitrogen and oxygen atoms in total. The molecule has 29 heavy (non-hydrogen) atoms. The molecule has 0 unspecified atom stereocenters. The smallest absolute Gasteiger partial charge is 0.240 e. The van der Waals surface area contributed by atoms with Crippen molar-refractivity contribution in [2.75, 3.05) is 20.8 Å². The molecule has 0 aliphatic carbocycles. The van der Waals surface area contributed by atoms with Crippen molar-refractivity contribution in [3.8, 4) is 22.1 Å². The van der Waals surface area contributed by atoms with Gasteiger partial charge in [-0.1, -0.05) is 0 Å². The Morgan fingerprint density at radius 1 is 1.07 bits per heavy atom. The third-order valence-electron chi connectivity index (χ3n) is 4.29. The first kappa shape index (κ1) is 22.0. The zero-order valence-electron chi connectivity index (χ0n) is 16.2. The molecule has 0 aliphatic rings. The highest BCUT2D eigenvalue weighted by Gasteiger charge is 2.15. The van der Waals surface area contributed by atoms with Crippen molar-refractivity contribution in [2.45, 2.75) is 18.2 Å². The number of nitrogens with zero attached hydrogens (tertiary/aromatic N) is 1. The van der Waals surface area contributed by atoms with Crippen molar-refractivity contribution in [2.24, 2.45) is 0 Å². The number of thiazole rings is 1. The second-order valence-electron chi connectivity index (χ2n) is 6.20. The number of aromatic nitrogens is 1. The maximum absolute atomic E-state index is 12.4. The summed E-state index contributed by atoms with van der Waals surface area (Å²) in [6, 6.07) is 12.4. The van der Waals surface area contributed by atoms with Crippen LogP contribution >= 0.6 is 33.9 Å². The Labute approximate surface area is 188 Å². The molecule has 0 fully saturated rings. The van der Waals surface area contributed by atoms with E-state index in [9.17, 15) is 8.42 Å². The fraction of sp³-hybridized carbons (Fsp3) is 0.250. The lowest BCUT2D eigenvalue weighted by atomic mass is 10.2. The number of halogens is 1. The zero-order chi connectivity index (χ0) is 21.0. The number of sulfonamides is 1. The zero-order valence-corrected chi connectivity index (χ0v) is 20.0. The molecular weight excluding hydrogens is 523 g/mol. The van der Waals surface area contributed by atoms with Gasteiger partial charge in [-0.3, -0.25) is 0 Å². The third-order valence-corrected chi connectivity index (χ3v) is 7.75. The van der Waals surface area contributed by atoms with Crippen LogP contribution in [0, 0.1) is 10.5 Å². The van der Waals surface area contributed by atoms with Gasteiger partial charge in [-0.15, -0.1) is 11.3 Å². The summed E-state index contributed by atoms with van der Waals surface area (Å²) in [6.45, 7) is 2.24. The van der Waals surface area contributed by atoms with Crippen LogP contribution < -0.4 is 14.2 Å². The molecule has 0 saturated carbocycles. The Morgan fingerprint density at radius 3 is 2.41 bits per heavy atom. The predicted molar refractivity (Wildman–Crippen MR) is 123 cm³/mol. The van der Waals surface area contributed by atoms with Gasteiger partial charge in [-0.2, -0.15) is 0 Å². The normalized spacial score (nSPS) is 11.4. The first-order valence-electron chi connectivity index (χ1n) is 8.78. The van der Waals surface area contributed by atoms with E-state index in [2.05, 4.69) is 32.3 Å². The fourth-order valence-corrected chi connectivity index (χ4v) is 5.20. The molecule has 1 aromatic heterocycles. The Balaban J connectivity index is 1.70. The van der Waals surface area contributed by atoms with Gasteiger partial charge in [-0.25, -0.2) is 18.1 Å². The van der Waals surface area contributed by atoms with E-state index < -0.39 is 10.0 Å². The molecule has 0 saturated heterocycles. The number of nitrogens with one attached hydrogen (secondary N) is 1. The van der Waals surface area contributed by atoms with Gasteiger partial charge in [-0.05, 0) is 78.4 Å². The molecule has 0 atom stereocenters. The average molecular weight is 544 g/mol. The second kappa shape index (κ2) is 9.41. The lowest BCUT2D eigenvalue weighted by molar-refractivity contribution is 0.355. The molecule has 0 aliphatic heterocycles. The molecule has 0 radical (unpaired) electrons. The molecular formula is C20H21IN2O4S2. The van der Waals surface area contributed by atoms with Crippen LogP contribution in [0.4, 0.5) is 0 Å². The van der Waals surface area contributed by atoms with Crippen LogP contribution in [0.5, 0.6) is 11.5 Å². The number of hydrogen-bond donors (Lipinski definition) is 1. The van der Waals surface area contributed by atoms with Gasteiger partial charge in [0.1, 0.15) is 5.01 Å². The van der Waals surface area contributed by atoms with E-state index in [0.29, 0.717) is 24.5 Å². The van der Waals surface area contributed by atoms with E-state index in [1.807, 2.05) is 25.1 Å². The number of hydrogen-bond acceptors (Lipinski definition) is 6. The third kappa shape index (κ3) is 5.27. The van der Waals surface area contributed by atoms with Crippen LogP contribution in [0.2, 0.25) is 0 Å². The van der Waals surface area contributed by atoms with E-state index in [1.54, 1.807) is 49.8 Å². The average Bonchev–Trinajstić information content (AvgIpc) is 3.08. The molecule has 2 aromatic carbocycles. The summed E-state index contributed by atoms with van der Waals surface area (Å²) in [7, 11) is -0.327. The van der Waals surface area contributed by atoms with Gasteiger partial charge in [0.2, 0.25) is 10.0 Å². The summed E-state index contributed by atoms with van der Waals surface area (Å²) in [4.78, 5) is 5.95. The molecule has 0 bridgehead atoms. The van der Waals surface area contributed by atoms with E-state index in [0.717, 1.165) is 24.7 Å². The van der Waals surface area contributed by atoms with Crippen LogP contribution in [-0.4, -0.2) is 34.2 Å². The Kier molecular flexibility index (Phi) is 7.14.